The first-order valence-electron chi connectivity index (χ1n) is 3.98. The average molecular weight is 252 g/mol. The zero-order valence-electron chi connectivity index (χ0n) is 7.25. The molecule has 0 aromatic heterocycles. The van der Waals surface area contributed by atoms with Crippen LogP contribution in [0.4, 0.5) is 0 Å². The van der Waals surface area contributed by atoms with Crippen molar-refractivity contribution in [3.63, 3.8) is 0 Å². The van der Waals surface area contributed by atoms with Crippen LogP contribution in [-0.2, 0) is 19.4 Å². The third kappa shape index (κ3) is 1.26. The van der Waals surface area contributed by atoms with E-state index in [1.165, 1.54) is 0 Å². The minimum atomic E-state index is -3.54. The molecule has 82 valence electrons. The molecule has 2 atom stereocenters. The van der Waals surface area contributed by atoms with Crippen LogP contribution in [0.2, 0.25) is 0 Å². The second kappa shape index (κ2) is 2.96. The molecule has 1 fully saturated rings. The van der Waals surface area contributed by atoms with Crippen LogP contribution in [0.3, 0.4) is 0 Å². The van der Waals surface area contributed by atoms with Gasteiger partial charge >= 0.3 is 5.97 Å². The summed E-state index contributed by atoms with van der Waals surface area (Å²) < 4.78 is 22.9. The number of sulfone groups is 1. The molecule has 2 aliphatic rings. The molecule has 6 nitrogen and oxygen atoms in total. The van der Waals surface area contributed by atoms with Crippen molar-refractivity contribution in [1.82, 2.24) is 4.90 Å². The van der Waals surface area contributed by atoms with Gasteiger partial charge in [-0.05, 0) is 6.08 Å². The molecule has 1 saturated heterocycles. The Balaban J connectivity index is 2.48. The third-order valence-corrected chi connectivity index (χ3v) is 4.76. The summed E-state index contributed by atoms with van der Waals surface area (Å²) in [6.45, 7) is 0. The Kier molecular flexibility index (Phi) is 2.06. The molecular weight excluding hydrogens is 246 g/mol. The molecule has 2 rings (SSSR count). The van der Waals surface area contributed by atoms with Crippen LogP contribution in [0, 0.1) is 0 Å². The van der Waals surface area contributed by atoms with Crippen molar-refractivity contribution in [1.29, 1.82) is 0 Å². The third-order valence-electron chi connectivity index (χ3n) is 2.33. The van der Waals surface area contributed by atoms with Crippen LogP contribution in [0.15, 0.2) is 11.8 Å². The van der Waals surface area contributed by atoms with E-state index in [1.54, 1.807) is 0 Å². The van der Waals surface area contributed by atoms with Gasteiger partial charge in [0.05, 0.1) is 5.75 Å². The lowest BCUT2D eigenvalue weighted by molar-refractivity contribution is -0.145. The van der Waals surface area contributed by atoms with Crippen LogP contribution in [0.5, 0.6) is 0 Å². The Hall–Kier alpha value is -1.08. The number of hydrogen-bond acceptors (Lipinski definition) is 4. The standard InChI is InChI=1S/C7H6ClNO5S/c8-4-5(10)9-3(7(11)12)1-2-15(13,14)6(4)9/h1,4,6H,2H2,(H,11,12)/t4-,6+/m0/s1. The zero-order chi connectivity index (χ0) is 11.4. The Labute approximate surface area is 90.0 Å². The highest BCUT2D eigenvalue weighted by Gasteiger charge is 2.57. The number of carboxylic acid groups (broad SMARTS) is 1. The number of hydrogen-bond donors (Lipinski definition) is 1. The van der Waals surface area contributed by atoms with E-state index in [-0.39, 0.29) is 5.70 Å². The number of rotatable bonds is 1. The van der Waals surface area contributed by atoms with Gasteiger partial charge in [0.25, 0.3) is 0 Å². The van der Waals surface area contributed by atoms with Gasteiger partial charge in [0.15, 0.2) is 15.2 Å². The van der Waals surface area contributed by atoms with Gasteiger partial charge in [-0.2, -0.15) is 0 Å². The second-order valence-corrected chi connectivity index (χ2v) is 5.84. The summed E-state index contributed by atoms with van der Waals surface area (Å²) in [5.74, 6) is -2.41. The SMILES string of the molecule is O=C(O)C1=CCS(=O)(=O)[C@@H]2[C@@H](Cl)C(=O)N12. The number of carbonyl (C=O) groups is 2. The van der Waals surface area contributed by atoms with E-state index in [0.717, 1.165) is 11.0 Å². The summed E-state index contributed by atoms with van der Waals surface area (Å²) in [5, 5.41) is 6.35. The van der Waals surface area contributed by atoms with E-state index < -0.39 is 38.2 Å². The molecule has 0 aromatic rings. The first-order valence-corrected chi connectivity index (χ1v) is 6.13. The van der Waals surface area contributed by atoms with E-state index in [2.05, 4.69) is 0 Å². The highest BCUT2D eigenvalue weighted by Crippen LogP contribution is 2.36. The van der Waals surface area contributed by atoms with E-state index >= 15 is 0 Å². The van der Waals surface area contributed by atoms with Crippen LogP contribution >= 0.6 is 11.6 Å². The second-order valence-electron chi connectivity index (χ2n) is 3.22. The fourth-order valence-corrected chi connectivity index (χ4v) is 3.90. The zero-order valence-corrected chi connectivity index (χ0v) is 8.83. The predicted octanol–water partition coefficient (Wildman–Crippen LogP) is -0.841. The Morgan fingerprint density at radius 2 is 2.20 bits per heavy atom. The van der Waals surface area contributed by atoms with Gasteiger partial charge < -0.3 is 5.11 Å². The highest BCUT2D eigenvalue weighted by molar-refractivity contribution is 7.92. The Bertz CT molecular complexity index is 482. The number of nitrogens with zero attached hydrogens (tertiary/aromatic N) is 1. The van der Waals surface area contributed by atoms with Gasteiger partial charge in [-0.1, -0.05) is 0 Å². The number of alkyl halides is 1. The van der Waals surface area contributed by atoms with Gasteiger partial charge in [0.1, 0.15) is 11.1 Å². The van der Waals surface area contributed by atoms with Crippen LogP contribution in [-0.4, -0.2) is 46.8 Å². The van der Waals surface area contributed by atoms with E-state index in [1.807, 2.05) is 0 Å². The molecule has 0 aromatic carbocycles. The fourth-order valence-electron chi connectivity index (χ4n) is 1.61. The average Bonchev–Trinajstić information content (AvgIpc) is 2.14. The summed E-state index contributed by atoms with van der Waals surface area (Å²) in [6.07, 6.45) is 1.01. The number of carboxylic acids is 1. The van der Waals surface area contributed by atoms with Gasteiger partial charge in [-0.25, -0.2) is 13.2 Å². The maximum absolute atomic E-state index is 11.5. The molecular formula is C7H6ClNO5S. The quantitative estimate of drug-likeness (QED) is 0.485. The van der Waals surface area contributed by atoms with Crippen molar-refractivity contribution < 1.29 is 23.1 Å². The van der Waals surface area contributed by atoms with Gasteiger partial charge in [-0.3, -0.25) is 9.69 Å². The molecule has 0 spiro atoms. The smallest absolute Gasteiger partial charge is 0.352 e. The maximum Gasteiger partial charge on any atom is 0.352 e. The minimum absolute atomic E-state index is 0.309. The number of aliphatic carboxylic acids is 1. The summed E-state index contributed by atoms with van der Waals surface area (Å²) >= 11 is 5.54. The molecule has 8 heteroatoms. The monoisotopic (exact) mass is 251 g/mol. The number of β-lactam (4-membered cyclic amide) rings is 1. The first-order chi connectivity index (χ1) is 6.86. The van der Waals surface area contributed by atoms with Crippen LogP contribution in [0.1, 0.15) is 0 Å². The molecule has 15 heavy (non-hydrogen) atoms. The fraction of sp³-hybridized carbons (Fsp3) is 0.429. The molecule has 1 N–H and O–H groups in total. The van der Waals surface area contributed by atoms with E-state index in [4.69, 9.17) is 16.7 Å². The van der Waals surface area contributed by atoms with Crippen molar-refractivity contribution in [2.75, 3.05) is 5.75 Å². The first kappa shape index (κ1) is 10.4. The lowest BCUT2D eigenvalue weighted by atomic mass is 10.1. The summed E-state index contributed by atoms with van der Waals surface area (Å²) in [7, 11) is -3.54. The Morgan fingerprint density at radius 1 is 1.60 bits per heavy atom. The summed E-state index contributed by atoms with van der Waals surface area (Å²) in [6, 6.07) is 0. The molecule has 0 unspecified atom stereocenters. The Morgan fingerprint density at radius 3 is 2.73 bits per heavy atom. The van der Waals surface area contributed by atoms with Crippen LogP contribution in [0.25, 0.3) is 0 Å². The molecule has 0 bridgehead atoms. The van der Waals surface area contributed by atoms with Crippen LogP contribution < -0.4 is 0 Å². The lowest BCUT2D eigenvalue weighted by Crippen LogP contribution is -2.67. The van der Waals surface area contributed by atoms with Crippen molar-refractivity contribution in [2.24, 2.45) is 0 Å². The number of halogens is 1. The topological polar surface area (TPSA) is 91.7 Å². The maximum atomic E-state index is 11.5. The van der Waals surface area contributed by atoms with Crippen molar-refractivity contribution in [3.05, 3.63) is 11.8 Å². The van der Waals surface area contributed by atoms with Gasteiger partial charge in [0, 0.05) is 0 Å². The number of amides is 1. The lowest BCUT2D eigenvalue weighted by Gasteiger charge is -2.45. The summed E-state index contributed by atoms with van der Waals surface area (Å²) in [5.41, 5.74) is -0.309. The molecule has 0 aliphatic carbocycles. The van der Waals surface area contributed by atoms with Gasteiger partial charge in [-0.15, -0.1) is 11.6 Å². The van der Waals surface area contributed by atoms with E-state index in [0.29, 0.717) is 0 Å². The summed E-state index contributed by atoms with van der Waals surface area (Å²) in [4.78, 5) is 22.7. The molecule has 0 saturated carbocycles. The molecule has 2 aliphatic heterocycles. The predicted molar refractivity (Wildman–Crippen MR) is 49.8 cm³/mol. The minimum Gasteiger partial charge on any atom is -0.477 e. The molecule has 1 amide bonds. The van der Waals surface area contributed by atoms with Crippen molar-refractivity contribution in [2.45, 2.75) is 10.8 Å². The largest absolute Gasteiger partial charge is 0.477 e. The highest BCUT2D eigenvalue weighted by atomic mass is 35.5. The number of carbonyl (C=O) groups excluding carboxylic acids is 1. The van der Waals surface area contributed by atoms with Crippen molar-refractivity contribution >= 4 is 33.3 Å². The van der Waals surface area contributed by atoms with Gasteiger partial charge in [0.2, 0.25) is 5.91 Å². The van der Waals surface area contributed by atoms with Crippen molar-refractivity contribution in [3.8, 4) is 0 Å². The van der Waals surface area contributed by atoms with E-state index in [9.17, 15) is 18.0 Å². The molecule has 0 radical (unpaired) electrons. The normalized spacial score (nSPS) is 32.7. The molecule has 2 heterocycles. The number of fused-ring (bicyclic) bond motifs is 1.